The molecule has 4 aromatic rings. The molecule has 0 aliphatic carbocycles. The van der Waals surface area contributed by atoms with Crippen molar-refractivity contribution in [3.05, 3.63) is 93.9 Å². The first-order chi connectivity index (χ1) is 17.0. The first-order valence-corrected chi connectivity index (χ1v) is 12.7. The second-order valence-corrected chi connectivity index (χ2v) is 10.9. The highest BCUT2D eigenvalue weighted by atomic mass is 35.5. The third-order valence-corrected chi connectivity index (χ3v) is 7.10. The normalized spacial score (nSPS) is 11.9. The SMILES string of the molecule is CC(C)(CNC(=O)c1ccc(-n2ccccc2=O)cc1)C(=O)NS(=O)(=O)c1cc2ccc(Cl)cc2[nH]1. The van der Waals surface area contributed by atoms with Crippen molar-refractivity contribution in [2.24, 2.45) is 5.41 Å². The van der Waals surface area contributed by atoms with Crippen LogP contribution in [-0.2, 0) is 14.8 Å². The molecule has 9 nitrogen and oxygen atoms in total. The van der Waals surface area contributed by atoms with Crippen LogP contribution in [0.25, 0.3) is 16.6 Å². The molecule has 36 heavy (non-hydrogen) atoms. The summed E-state index contributed by atoms with van der Waals surface area (Å²) < 4.78 is 29.0. The Bertz CT molecular complexity index is 1620. The average Bonchev–Trinajstić information content (AvgIpc) is 3.27. The number of fused-ring (bicyclic) bond motifs is 1. The number of aromatic nitrogens is 2. The summed E-state index contributed by atoms with van der Waals surface area (Å²) in [6.45, 7) is 2.93. The average molecular weight is 527 g/mol. The Balaban J connectivity index is 1.40. The van der Waals surface area contributed by atoms with Gasteiger partial charge >= 0.3 is 0 Å². The van der Waals surface area contributed by atoms with Crippen LogP contribution in [0.4, 0.5) is 0 Å². The molecule has 2 aromatic heterocycles. The maximum absolute atomic E-state index is 12.8. The fourth-order valence-corrected chi connectivity index (χ4v) is 4.76. The van der Waals surface area contributed by atoms with Gasteiger partial charge in [-0.1, -0.05) is 23.7 Å². The third kappa shape index (κ3) is 5.34. The lowest BCUT2D eigenvalue weighted by atomic mass is 9.92. The smallest absolute Gasteiger partial charge is 0.279 e. The Morgan fingerprint density at radius 1 is 1.03 bits per heavy atom. The lowest BCUT2D eigenvalue weighted by Crippen LogP contribution is -2.46. The van der Waals surface area contributed by atoms with Gasteiger partial charge in [-0.3, -0.25) is 19.0 Å². The van der Waals surface area contributed by atoms with Gasteiger partial charge in [-0.25, -0.2) is 4.72 Å². The summed E-state index contributed by atoms with van der Waals surface area (Å²) in [5.41, 5.74) is -0.00159. The second-order valence-electron chi connectivity index (χ2n) is 8.82. The van der Waals surface area contributed by atoms with Crippen molar-refractivity contribution < 1.29 is 18.0 Å². The number of hydrogen-bond acceptors (Lipinski definition) is 5. The quantitative estimate of drug-likeness (QED) is 0.340. The zero-order chi connectivity index (χ0) is 26.1. The van der Waals surface area contributed by atoms with Crippen molar-refractivity contribution in [3.63, 3.8) is 0 Å². The number of nitrogens with one attached hydrogen (secondary N) is 3. The minimum absolute atomic E-state index is 0.116. The summed E-state index contributed by atoms with van der Waals surface area (Å²) in [7, 11) is -4.18. The van der Waals surface area contributed by atoms with E-state index in [1.807, 2.05) is 0 Å². The Kier molecular flexibility index (Phi) is 6.75. The molecule has 0 bridgehead atoms. The fourth-order valence-electron chi connectivity index (χ4n) is 3.43. The highest BCUT2D eigenvalue weighted by molar-refractivity contribution is 7.90. The van der Waals surface area contributed by atoms with Crippen LogP contribution in [-0.4, -0.2) is 36.3 Å². The van der Waals surface area contributed by atoms with Crippen molar-refractivity contribution >= 4 is 44.3 Å². The van der Waals surface area contributed by atoms with E-state index < -0.39 is 27.3 Å². The lowest BCUT2D eigenvalue weighted by molar-refractivity contribution is -0.127. The zero-order valence-corrected chi connectivity index (χ0v) is 21.0. The summed E-state index contributed by atoms with van der Waals surface area (Å²) in [5, 5.41) is 3.55. The van der Waals surface area contributed by atoms with Crippen molar-refractivity contribution in [1.82, 2.24) is 19.6 Å². The minimum atomic E-state index is -4.18. The van der Waals surface area contributed by atoms with Gasteiger partial charge < -0.3 is 10.3 Å². The molecular formula is C25H23ClN4O5S. The first kappa shape index (κ1) is 25.2. The maximum atomic E-state index is 12.8. The van der Waals surface area contributed by atoms with Crippen LogP contribution >= 0.6 is 11.6 Å². The number of aromatic amines is 1. The molecule has 11 heteroatoms. The number of H-pyrrole nitrogens is 1. The molecule has 0 aliphatic heterocycles. The second kappa shape index (κ2) is 9.63. The number of sulfonamides is 1. The van der Waals surface area contributed by atoms with Gasteiger partial charge in [0.25, 0.3) is 21.5 Å². The zero-order valence-electron chi connectivity index (χ0n) is 19.4. The fraction of sp³-hybridized carbons (Fsp3) is 0.160. The van der Waals surface area contributed by atoms with Crippen LogP contribution in [0.2, 0.25) is 5.02 Å². The van der Waals surface area contributed by atoms with Crippen molar-refractivity contribution in [1.29, 1.82) is 0 Å². The van der Waals surface area contributed by atoms with Gasteiger partial charge in [0.2, 0.25) is 5.91 Å². The van der Waals surface area contributed by atoms with E-state index in [1.54, 1.807) is 60.8 Å². The van der Waals surface area contributed by atoms with E-state index in [0.29, 0.717) is 27.2 Å². The number of rotatable bonds is 7. The Labute approximate surface area is 212 Å². The molecule has 2 heterocycles. The number of hydrogen-bond donors (Lipinski definition) is 3. The van der Waals surface area contributed by atoms with E-state index in [2.05, 4.69) is 15.0 Å². The number of benzene rings is 2. The van der Waals surface area contributed by atoms with E-state index in [-0.39, 0.29) is 17.1 Å². The number of amides is 2. The highest BCUT2D eigenvalue weighted by Gasteiger charge is 2.32. The predicted octanol–water partition coefficient (Wildman–Crippen LogP) is 3.23. The molecule has 0 spiro atoms. The number of halogens is 1. The first-order valence-electron chi connectivity index (χ1n) is 10.9. The number of nitrogens with zero attached hydrogens (tertiary/aromatic N) is 1. The summed E-state index contributed by atoms with van der Waals surface area (Å²) in [4.78, 5) is 40.1. The summed E-state index contributed by atoms with van der Waals surface area (Å²) in [5.74, 6) is -1.23. The highest BCUT2D eigenvalue weighted by Crippen LogP contribution is 2.23. The van der Waals surface area contributed by atoms with Gasteiger partial charge in [-0.2, -0.15) is 8.42 Å². The molecule has 2 aromatic carbocycles. The van der Waals surface area contributed by atoms with E-state index in [4.69, 9.17) is 11.6 Å². The number of pyridine rings is 1. The Morgan fingerprint density at radius 3 is 2.44 bits per heavy atom. The molecule has 0 aliphatic rings. The molecular weight excluding hydrogens is 504 g/mol. The van der Waals surface area contributed by atoms with E-state index in [0.717, 1.165) is 0 Å². The molecule has 0 atom stereocenters. The maximum Gasteiger partial charge on any atom is 0.279 e. The topological polar surface area (TPSA) is 130 Å². The molecule has 0 unspecified atom stereocenters. The van der Waals surface area contributed by atoms with Crippen molar-refractivity contribution in [2.75, 3.05) is 6.54 Å². The van der Waals surface area contributed by atoms with Gasteiger partial charge in [0.05, 0.1) is 5.41 Å². The molecule has 0 saturated heterocycles. The van der Waals surface area contributed by atoms with Crippen molar-refractivity contribution in [3.8, 4) is 5.69 Å². The van der Waals surface area contributed by atoms with Crippen molar-refractivity contribution in [2.45, 2.75) is 18.9 Å². The van der Waals surface area contributed by atoms with Crippen LogP contribution < -0.4 is 15.6 Å². The molecule has 0 saturated carbocycles. The summed E-state index contributed by atoms with van der Waals surface area (Å²) in [6.07, 6.45) is 1.62. The van der Waals surface area contributed by atoms with Gasteiger partial charge in [-0.15, -0.1) is 0 Å². The van der Waals surface area contributed by atoms with Crippen LogP contribution in [0.5, 0.6) is 0 Å². The Morgan fingerprint density at radius 2 is 1.75 bits per heavy atom. The molecule has 2 amide bonds. The molecule has 0 radical (unpaired) electrons. The standard InChI is InChI=1S/C25H23ClN4O5S/c1-25(2,24(33)29-36(34,35)21-13-17-6-9-18(26)14-20(17)28-21)15-27-23(32)16-7-10-19(11-8-16)30-12-4-3-5-22(30)31/h3-14,28H,15H2,1-2H3,(H,27,32)(H,29,33). The number of carbonyl (C=O) groups excluding carboxylic acids is 2. The monoisotopic (exact) mass is 526 g/mol. The third-order valence-electron chi connectivity index (χ3n) is 5.61. The lowest BCUT2D eigenvalue weighted by Gasteiger charge is -2.23. The number of carbonyl (C=O) groups is 2. The van der Waals surface area contributed by atoms with Crippen LogP contribution in [0.1, 0.15) is 24.2 Å². The minimum Gasteiger partial charge on any atom is -0.351 e. The van der Waals surface area contributed by atoms with E-state index in [1.165, 1.54) is 30.5 Å². The molecule has 0 fully saturated rings. The van der Waals surface area contributed by atoms with E-state index >= 15 is 0 Å². The van der Waals surface area contributed by atoms with E-state index in [9.17, 15) is 22.8 Å². The van der Waals surface area contributed by atoms with Gasteiger partial charge in [-0.05, 0) is 62.4 Å². The summed E-state index contributed by atoms with van der Waals surface area (Å²) in [6, 6.07) is 17.5. The molecule has 4 rings (SSSR count). The molecule has 3 N–H and O–H groups in total. The molecule has 186 valence electrons. The van der Waals surface area contributed by atoms with Crippen LogP contribution in [0.15, 0.2) is 82.7 Å². The van der Waals surface area contributed by atoms with Crippen LogP contribution in [0.3, 0.4) is 0 Å². The van der Waals surface area contributed by atoms with Gasteiger partial charge in [0, 0.05) is 46.0 Å². The summed E-state index contributed by atoms with van der Waals surface area (Å²) >= 11 is 5.95. The predicted molar refractivity (Wildman–Crippen MR) is 137 cm³/mol. The van der Waals surface area contributed by atoms with Gasteiger partial charge in [0.1, 0.15) is 0 Å². The Hall–Kier alpha value is -3.89. The van der Waals surface area contributed by atoms with Crippen LogP contribution in [0, 0.1) is 5.41 Å². The van der Waals surface area contributed by atoms with Gasteiger partial charge in [0.15, 0.2) is 5.03 Å². The largest absolute Gasteiger partial charge is 0.351 e.